The van der Waals surface area contributed by atoms with Crippen molar-refractivity contribution >= 4 is 33.2 Å². The fraction of sp³-hybridized carbons (Fsp3) is 0.316. The maximum absolute atomic E-state index is 12.8. The van der Waals surface area contributed by atoms with Crippen LogP contribution < -0.4 is 5.32 Å². The highest BCUT2D eigenvalue weighted by Gasteiger charge is 2.26. The van der Waals surface area contributed by atoms with Gasteiger partial charge in [-0.15, -0.1) is 0 Å². The summed E-state index contributed by atoms with van der Waals surface area (Å²) in [6.07, 6.45) is 2.79. The lowest BCUT2D eigenvalue weighted by Crippen LogP contribution is -2.35. The Kier molecular flexibility index (Phi) is 5.65. The number of halogens is 1. The van der Waals surface area contributed by atoms with Gasteiger partial charge in [0.25, 0.3) is 5.91 Å². The number of nitrogens with zero attached hydrogens (tertiary/aromatic N) is 1. The summed E-state index contributed by atoms with van der Waals surface area (Å²) in [5.74, 6) is -0.369. The van der Waals surface area contributed by atoms with Crippen molar-refractivity contribution in [2.75, 3.05) is 18.4 Å². The first-order chi connectivity index (χ1) is 12.4. The molecule has 1 saturated heterocycles. The topological polar surface area (TPSA) is 66.5 Å². The number of hydrogen-bond acceptors (Lipinski definition) is 3. The highest BCUT2D eigenvalue weighted by molar-refractivity contribution is 7.89. The summed E-state index contributed by atoms with van der Waals surface area (Å²) in [7, 11) is -3.57. The molecule has 1 fully saturated rings. The van der Waals surface area contributed by atoms with E-state index in [9.17, 15) is 13.2 Å². The average Bonchev–Trinajstić information content (AvgIpc) is 2.65. The molecule has 3 rings (SSSR count). The SMILES string of the molecule is Cc1ccc(Cl)cc1NC(=O)c1cccc(S(=O)(=O)N2CCCCC2)c1. The molecule has 1 amide bonds. The van der Waals surface area contributed by atoms with E-state index in [0.29, 0.717) is 29.4 Å². The molecule has 0 atom stereocenters. The van der Waals surface area contributed by atoms with Gasteiger partial charge in [-0.3, -0.25) is 4.79 Å². The lowest BCUT2D eigenvalue weighted by Gasteiger charge is -2.26. The van der Waals surface area contributed by atoms with Crippen LogP contribution in [0.2, 0.25) is 5.02 Å². The summed E-state index contributed by atoms with van der Waals surface area (Å²) in [4.78, 5) is 12.7. The molecule has 0 saturated carbocycles. The van der Waals surface area contributed by atoms with Crippen molar-refractivity contribution in [3.05, 3.63) is 58.6 Å². The Bertz CT molecular complexity index is 922. The third-order valence-electron chi connectivity index (χ3n) is 4.50. The second kappa shape index (κ2) is 7.78. The number of hydrogen-bond donors (Lipinski definition) is 1. The molecule has 1 N–H and O–H groups in total. The van der Waals surface area contributed by atoms with Crippen LogP contribution in [-0.2, 0) is 10.0 Å². The van der Waals surface area contributed by atoms with E-state index in [1.165, 1.54) is 16.4 Å². The molecule has 0 bridgehead atoms. The second-order valence-electron chi connectivity index (χ2n) is 6.41. The number of piperidine rings is 1. The number of nitrogens with one attached hydrogen (secondary N) is 1. The Morgan fingerprint density at radius 1 is 1.08 bits per heavy atom. The largest absolute Gasteiger partial charge is 0.322 e. The van der Waals surface area contributed by atoms with Crippen LogP contribution in [0.5, 0.6) is 0 Å². The third-order valence-corrected chi connectivity index (χ3v) is 6.63. The van der Waals surface area contributed by atoms with E-state index in [1.54, 1.807) is 24.3 Å². The van der Waals surface area contributed by atoms with Crippen molar-refractivity contribution in [3.8, 4) is 0 Å². The summed E-state index contributed by atoms with van der Waals surface area (Å²) in [5, 5.41) is 3.31. The minimum atomic E-state index is -3.57. The van der Waals surface area contributed by atoms with Crippen LogP contribution in [0.1, 0.15) is 35.2 Å². The number of carbonyl (C=O) groups excluding carboxylic acids is 1. The van der Waals surface area contributed by atoms with Gasteiger partial charge in [-0.1, -0.05) is 30.2 Å². The summed E-state index contributed by atoms with van der Waals surface area (Å²) >= 11 is 5.98. The van der Waals surface area contributed by atoms with Gasteiger partial charge in [0.1, 0.15) is 0 Å². The highest BCUT2D eigenvalue weighted by atomic mass is 35.5. The molecule has 2 aromatic rings. The van der Waals surface area contributed by atoms with Crippen LogP contribution >= 0.6 is 11.6 Å². The van der Waals surface area contributed by atoms with E-state index in [0.717, 1.165) is 24.8 Å². The predicted octanol–water partition coefficient (Wildman–Crippen LogP) is 4.08. The molecule has 5 nitrogen and oxygen atoms in total. The fourth-order valence-corrected chi connectivity index (χ4v) is 4.71. The van der Waals surface area contributed by atoms with Crippen molar-refractivity contribution in [2.24, 2.45) is 0 Å². The zero-order chi connectivity index (χ0) is 18.7. The molecule has 0 spiro atoms. The maximum Gasteiger partial charge on any atom is 0.255 e. The van der Waals surface area contributed by atoms with Gasteiger partial charge in [0.15, 0.2) is 0 Å². The Morgan fingerprint density at radius 3 is 2.54 bits per heavy atom. The fourth-order valence-electron chi connectivity index (χ4n) is 2.98. The van der Waals surface area contributed by atoms with Crippen LogP contribution in [-0.4, -0.2) is 31.7 Å². The Labute approximate surface area is 159 Å². The van der Waals surface area contributed by atoms with Crippen molar-refractivity contribution < 1.29 is 13.2 Å². The Hall–Kier alpha value is -1.89. The monoisotopic (exact) mass is 392 g/mol. The minimum absolute atomic E-state index is 0.148. The summed E-state index contributed by atoms with van der Waals surface area (Å²) in [5.41, 5.74) is 1.77. The molecule has 0 aliphatic carbocycles. The van der Waals surface area contributed by atoms with Gasteiger partial charge in [0.2, 0.25) is 10.0 Å². The summed E-state index contributed by atoms with van der Waals surface area (Å²) in [6, 6.07) is 11.4. The van der Waals surface area contributed by atoms with Gasteiger partial charge in [0, 0.05) is 29.4 Å². The van der Waals surface area contributed by atoms with Crippen molar-refractivity contribution in [1.82, 2.24) is 4.31 Å². The second-order valence-corrected chi connectivity index (χ2v) is 8.78. The number of carbonyl (C=O) groups is 1. The molecule has 0 radical (unpaired) electrons. The number of amides is 1. The zero-order valence-electron chi connectivity index (χ0n) is 14.5. The molecule has 0 aromatic heterocycles. The van der Waals surface area contributed by atoms with Gasteiger partial charge in [-0.25, -0.2) is 8.42 Å². The van der Waals surface area contributed by atoms with E-state index < -0.39 is 10.0 Å². The maximum atomic E-state index is 12.8. The first kappa shape index (κ1) is 18.9. The predicted molar refractivity (Wildman–Crippen MR) is 103 cm³/mol. The quantitative estimate of drug-likeness (QED) is 0.852. The van der Waals surface area contributed by atoms with Gasteiger partial charge in [-0.05, 0) is 55.7 Å². The van der Waals surface area contributed by atoms with Gasteiger partial charge >= 0.3 is 0 Å². The van der Waals surface area contributed by atoms with Crippen LogP contribution in [0, 0.1) is 6.92 Å². The van der Waals surface area contributed by atoms with E-state index >= 15 is 0 Å². The van der Waals surface area contributed by atoms with Crippen molar-refractivity contribution in [1.29, 1.82) is 0 Å². The molecule has 7 heteroatoms. The lowest BCUT2D eigenvalue weighted by molar-refractivity contribution is 0.102. The molecule has 0 unspecified atom stereocenters. The van der Waals surface area contributed by atoms with Gasteiger partial charge < -0.3 is 5.32 Å². The van der Waals surface area contributed by atoms with E-state index in [-0.39, 0.29) is 10.8 Å². The molecule has 1 aliphatic rings. The number of sulfonamides is 1. The summed E-state index contributed by atoms with van der Waals surface area (Å²) in [6.45, 7) is 2.92. The normalized spacial score (nSPS) is 15.6. The van der Waals surface area contributed by atoms with Crippen LogP contribution in [0.4, 0.5) is 5.69 Å². The van der Waals surface area contributed by atoms with E-state index in [2.05, 4.69) is 5.32 Å². The Balaban J connectivity index is 1.84. The van der Waals surface area contributed by atoms with E-state index in [1.807, 2.05) is 13.0 Å². The van der Waals surface area contributed by atoms with Crippen molar-refractivity contribution in [3.63, 3.8) is 0 Å². The first-order valence-corrected chi connectivity index (χ1v) is 10.4. The molecule has 26 heavy (non-hydrogen) atoms. The number of benzene rings is 2. The molecular weight excluding hydrogens is 372 g/mol. The van der Waals surface area contributed by atoms with Gasteiger partial charge in [0.05, 0.1) is 4.90 Å². The van der Waals surface area contributed by atoms with Crippen LogP contribution in [0.15, 0.2) is 47.4 Å². The van der Waals surface area contributed by atoms with Gasteiger partial charge in [-0.2, -0.15) is 4.31 Å². The van der Waals surface area contributed by atoms with Crippen LogP contribution in [0.3, 0.4) is 0 Å². The average molecular weight is 393 g/mol. The minimum Gasteiger partial charge on any atom is -0.322 e. The molecule has 2 aromatic carbocycles. The third kappa shape index (κ3) is 4.09. The van der Waals surface area contributed by atoms with Crippen molar-refractivity contribution in [2.45, 2.75) is 31.1 Å². The number of anilines is 1. The molecular formula is C19H21ClN2O3S. The zero-order valence-corrected chi connectivity index (χ0v) is 16.1. The molecule has 1 heterocycles. The summed E-state index contributed by atoms with van der Waals surface area (Å²) < 4.78 is 27.1. The smallest absolute Gasteiger partial charge is 0.255 e. The first-order valence-electron chi connectivity index (χ1n) is 8.55. The standard InChI is InChI=1S/C19H21ClN2O3S/c1-14-8-9-16(20)13-18(14)21-19(23)15-6-5-7-17(12-15)26(24,25)22-10-3-2-4-11-22/h5-9,12-13H,2-4,10-11H2,1H3,(H,21,23). The Morgan fingerprint density at radius 2 is 1.81 bits per heavy atom. The highest BCUT2D eigenvalue weighted by Crippen LogP contribution is 2.23. The lowest BCUT2D eigenvalue weighted by atomic mass is 10.1. The van der Waals surface area contributed by atoms with E-state index in [4.69, 9.17) is 11.6 Å². The number of rotatable bonds is 4. The molecule has 1 aliphatic heterocycles. The molecule has 138 valence electrons. The number of aryl methyl sites for hydroxylation is 1. The van der Waals surface area contributed by atoms with Crippen LogP contribution in [0.25, 0.3) is 0 Å².